The number of hydrogen-bond donors (Lipinski definition) is 1. The topological polar surface area (TPSA) is 86.1 Å². The fourth-order valence-corrected chi connectivity index (χ4v) is 4.12. The van der Waals surface area contributed by atoms with Crippen molar-refractivity contribution in [3.63, 3.8) is 0 Å². The van der Waals surface area contributed by atoms with Crippen LogP contribution in [-0.4, -0.2) is 27.2 Å². The van der Waals surface area contributed by atoms with Gasteiger partial charge in [0.2, 0.25) is 5.88 Å². The zero-order valence-corrected chi connectivity index (χ0v) is 16.7. The van der Waals surface area contributed by atoms with E-state index in [1.807, 2.05) is 44.2 Å². The molecule has 1 aromatic carbocycles. The first-order valence-corrected chi connectivity index (χ1v) is 9.87. The third-order valence-electron chi connectivity index (χ3n) is 4.37. The zero-order chi connectivity index (χ0) is 20.4. The van der Waals surface area contributed by atoms with Gasteiger partial charge >= 0.3 is 0 Å². The minimum Gasteiger partial charge on any atom is -0.477 e. The minimum atomic E-state index is -0.502. The highest BCUT2D eigenvalue weighted by atomic mass is 32.1. The molecule has 0 saturated carbocycles. The molecule has 0 spiro atoms. The highest BCUT2D eigenvalue weighted by molar-refractivity contribution is 7.19. The molecule has 0 saturated heterocycles. The number of pyridine rings is 1. The van der Waals surface area contributed by atoms with Crippen molar-refractivity contribution in [3.8, 4) is 17.0 Å². The monoisotopic (exact) mass is 406 g/mol. The van der Waals surface area contributed by atoms with Crippen LogP contribution in [0.2, 0.25) is 0 Å². The summed E-state index contributed by atoms with van der Waals surface area (Å²) in [6.07, 6.45) is 2.87. The predicted molar refractivity (Wildman–Crippen MR) is 113 cm³/mol. The highest BCUT2D eigenvalue weighted by Crippen LogP contribution is 2.35. The van der Waals surface area contributed by atoms with Crippen molar-refractivity contribution >= 4 is 27.5 Å². The van der Waals surface area contributed by atoms with Gasteiger partial charge < -0.3 is 4.74 Å². The summed E-state index contributed by atoms with van der Waals surface area (Å²) in [7, 11) is 0. The Bertz CT molecular complexity index is 1250. The van der Waals surface area contributed by atoms with Crippen LogP contribution < -0.4 is 15.7 Å². The standard InChI is InChI=1S/C21H18N4O3S/c1-3-28-19-15(10-7-11-22-19)18(26)24-25-12-23-20-17(21(25)27)16(13(2)29-20)14-8-5-4-6-9-14/h4-12H,3H2,1-2H3,(H,24,26). The van der Waals surface area contributed by atoms with Crippen molar-refractivity contribution in [1.82, 2.24) is 14.6 Å². The lowest BCUT2D eigenvalue weighted by Gasteiger charge is -2.11. The first-order chi connectivity index (χ1) is 14.1. The molecule has 29 heavy (non-hydrogen) atoms. The van der Waals surface area contributed by atoms with Crippen molar-refractivity contribution in [2.45, 2.75) is 13.8 Å². The molecule has 8 heteroatoms. The summed E-state index contributed by atoms with van der Waals surface area (Å²) in [5, 5.41) is 0.484. The maximum Gasteiger partial charge on any atom is 0.281 e. The lowest BCUT2D eigenvalue weighted by molar-refractivity contribution is 0.100. The number of nitrogens with zero attached hydrogens (tertiary/aromatic N) is 3. The molecule has 1 amide bonds. The minimum absolute atomic E-state index is 0.214. The number of thiophene rings is 1. The largest absolute Gasteiger partial charge is 0.477 e. The Morgan fingerprint density at radius 2 is 1.97 bits per heavy atom. The Kier molecular flexibility index (Phi) is 5.09. The predicted octanol–water partition coefficient (Wildman–Crippen LogP) is 3.61. The van der Waals surface area contributed by atoms with Gasteiger partial charge in [-0.15, -0.1) is 11.3 Å². The average molecular weight is 406 g/mol. The van der Waals surface area contributed by atoms with Gasteiger partial charge in [-0.05, 0) is 31.5 Å². The van der Waals surface area contributed by atoms with Gasteiger partial charge in [-0.25, -0.2) is 14.6 Å². The van der Waals surface area contributed by atoms with Crippen LogP contribution in [0.5, 0.6) is 5.88 Å². The van der Waals surface area contributed by atoms with Crippen molar-refractivity contribution < 1.29 is 9.53 Å². The molecule has 146 valence electrons. The van der Waals surface area contributed by atoms with Crippen molar-refractivity contribution in [2.75, 3.05) is 12.0 Å². The highest BCUT2D eigenvalue weighted by Gasteiger charge is 2.19. The van der Waals surface area contributed by atoms with Gasteiger partial charge in [-0.2, -0.15) is 0 Å². The number of ether oxygens (including phenoxy) is 1. The number of aryl methyl sites for hydroxylation is 1. The smallest absolute Gasteiger partial charge is 0.281 e. The summed E-state index contributed by atoms with van der Waals surface area (Å²) in [5.41, 5.74) is 4.27. The fourth-order valence-electron chi connectivity index (χ4n) is 3.12. The molecule has 7 nitrogen and oxygen atoms in total. The summed E-state index contributed by atoms with van der Waals surface area (Å²) < 4.78 is 6.51. The third kappa shape index (κ3) is 3.50. The Morgan fingerprint density at radius 1 is 1.17 bits per heavy atom. The van der Waals surface area contributed by atoms with Crippen LogP contribution in [0.15, 0.2) is 59.8 Å². The van der Waals surface area contributed by atoms with E-state index in [1.165, 1.54) is 17.7 Å². The maximum atomic E-state index is 13.2. The maximum absolute atomic E-state index is 13.2. The van der Waals surface area contributed by atoms with E-state index in [0.717, 1.165) is 20.7 Å². The van der Waals surface area contributed by atoms with Crippen LogP contribution in [-0.2, 0) is 0 Å². The van der Waals surface area contributed by atoms with Crippen LogP contribution >= 0.6 is 11.3 Å². The van der Waals surface area contributed by atoms with E-state index in [0.29, 0.717) is 16.8 Å². The molecule has 0 aliphatic heterocycles. The van der Waals surface area contributed by atoms with E-state index < -0.39 is 5.91 Å². The second-order valence-corrected chi connectivity index (χ2v) is 7.43. The molecular weight excluding hydrogens is 388 g/mol. The van der Waals surface area contributed by atoms with Crippen LogP contribution in [0.25, 0.3) is 21.3 Å². The first-order valence-electron chi connectivity index (χ1n) is 9.05. The summed E-state index contributed by atoms with van der Waals surface area (Å²) >= 11 is 1.45. The van der Waals surface area contributed by atoms with Gasteiger partial charge in [0.25, 0.3) is 11.5 Å². The molecule has 0 fully saturated rings. The summed E-state index contributed by atoms with van der Waals surface area (Å²) in [6.45, 7) is 4.14. The molecule has 4 rings (SSSR count). The number of rotatable bonds is 5. The Morgan fingerprint density at radius 3 is 2.72 bits per heavy atom. The number of aromatic nitrogens is 3. The molecule has 3 heterocycles. The number of carbonyl (C=O) groups is 1. The normalized spacial score (nSPS) is 10.8. The molecule has 0 atom stereocenters. The number of hydrogen-bond acceptors (Lipinski definition) is 6. The Balaban J connectivity index is 1.78. The first kappa shape index (κ1) is 18.8. The number of benzene rings is 1. The molecule has 0 aliphatic carbocycles. The van der Waals surface area contributed by atoms with E-state index in [-0.39, 0.29) is 17.0 Å². The van der Waals surface area contributed by atoms with E-state index in [1.54, 1.807) is 18.3 Å². The van der Waals surface area contributed by atoms with E-state index in [2.05, 4.69) is 15.4 Å². The second-order valence-electron chi connectivity index (χ2n) is 6.23. The molecular formula is C21H18N4O3S. The zero-order valence-electron chi connectivity index (χ0n) is 15.9. The SMILES string of the molecule is CCOc1ncccc1C(=O)Nn1cnc2sc(C)c(-c3ccccc3)c2c1=O. The second kappa shape index (κ2) is 7.84. The van der Waals surface area contributed by atoms with Crippen LogP contribution in [0.4, 0.5) is 0 Å². The van der Waals surface area contributed by atoms with Crippen LogP contribution in [0, 0.1) is 6.92 Å². The Labute approximate surface area is 170 Å². The average Bonchev–Trinajstić information content (AvgIpc) is 3.08. The summed E-state index contributed by atoms with van der Waals surface area (Å²) in [6, 6.07) is 12.9. The van der Waals surface area contributed by atoms with E-state index >= 15 is 0 Å². The van der Waals surface area contributed by atoms with Gasteiger partial charge in [-0.3, -0.25) is 15.0 Å². The number of nitrogens with one attached hydrogen (secondary N) is 1. The molecule has 3 aromatic heterocycles. The number of fused-ring (bicyclic) bond motifs is 1. The lowest BCUT2D eigenvalue weighted by Crippen LogP contribution is -2.33. The van der Waals surface area contributed by atoms with Gasteiger partial charge in [0, 0.05) is 16.6 Å². The quantitative estimate of drug-likeness (QED) is 0.547. The van der Waals surface area contributed by atoms with Crippen LogP contribution in [0.3, 0.4) is 0 Å². The van der Waals surface area contributed by atoms with Crippen molar-refractivity contribution in [3.05, 3.63) is 75.8 Å². The van der Waals surface area contributed by atoms with E-state index in [4.69, 9.17) is 4.74 Å². The molecule has 0 unspecified atom stereocenters. The third-order valence-corrected chi connectivity index (χ3v) is 5.38. The number of amides is 1. The van der Waals surface area contributed by atoms with Gasteiger partial charge in [0.05, 0.1) is 12.0 Å². The molecule has 0 aliphatic rings. The van der Waals surface area contributed by atoms with E-state index in [9.17, 15) is 9.59 Å². The molecule has 0 radical (unpaired) electrons. The lowest BCUT2D eigenvalue weighted by atomic mass is 10.0. The van der Waals surface area contributed by atoms with Crippen LogP contribution in [0.1, 0.15) is 22.2 Å². The molecule has 1 N–H and O–H groups in total. The summed E-state index contributed by atoms with van der Waals surface area (Å²) in [4.78, 5) is 36.0. The molecule has 0 bridgehead atoms. The Hall–Kier alpha value is -3.52. The van der Waals surface area contributed by atoms with Gasteiger partial charge in [-0.1, -0.05) is 30.3 Å². The molecule has 4 aromatic rings. The van der Waals surface area contributed by atoms with Crippen molar-refractivity contribution in [2.24, 2.45) is 0 Å². The van der Waals surface area contributed by atoms with Gasteiger partial charge in [0.1, 0.15) is 16.7 Å². The van der Waals surface area contributed by atoms with Gasteiger partial charge in [0.15, 0.2) is 0 Å². The van der Waals surface area contributed by atoms with Crippen molar-refractivity contribution in [1.29, 1.82) is 0 Å². The fraction of sp³-hybridized carbons (Fsp3) is 0.143. The number of carbonyl (C=O) groups excluding carboxylic acids is 1. The summed E-state index contributed by atoms with van der Waals surface area (Å²) in [5.74, 6) is -0.288.